The van der Waals surface area contributed by atoms with Gasteiger partial charge in [0.1, 0.15) is 19.8 Å². The lowest BCUT2D eigenvalue weighted by molar-refractivity contribution is -0.870. The summed E-state index contributed by atoms with van der Waals surface area (Å²) in [5.41, 5.74) is 0. The molecule has 0 fully saturated rings. The number of rotatable bonds is 65. The summed E-state index contributed by atoms with van der Waals surface area (Å²) in [5, 5.41) is 0. The second kappa shape index (κ2) is 63.2. The number of ether oxygens (including phenoxy) is 2. The molecule has 2 atom stereocenters. The summed E-state index contributed by atoms with van der Waals surface area (Å²) >= 11 is 0. The molecular weight excluding hydrogens is 1040 g/mol. The summed E-state index contributed by atoms with van der Waals surface area (Å²) in [5.74, 6) is -0.781. The van der Waals surface area contributed by atoms with Crippen molar-refractivity contribution >= 4 is 19.8 Å². The Hall–Kier alpha value is -2.29. The van der Waals surface area contributed by atoms with E-state index in [1.807, 2.05) is 21.1 Å². The van der Waals surface area contributed by atoms with Crippen LogP contribution in [0.15, 0.2) is 60.8 Å². The Morgan fingerprint density at radius 2 is 0.695 bits per heavy atom. The molecule has 0 aliphatic heterocycles. The molecule has 10 heteroatoms. The van der Waals surface area contributed by atoms with Gasteiger partial charge < -0.3 is 18.9 Å². The van der Waals surface area contributed by atoms with E-state index in [1.165, 1.54) is 244 Å². The number of hydrogen-bond acceptors (Lipinski definition) is 7. The first-order chi connectivity index (χ1) is 40.0. The Bertz CT molecular complexity index is 1570. The molecule has 480 valence electrons. The van der Waals surface area contributed by atoms with E-state index in [0.717, 1.165) is 57.8 Å². The van der Waals surface area contributed by atoms with Gasteiger partial charge in [-0.25, -0.2) is 4.57 Å². The molecule has 0 aliphatic carbocycles. The van der Waals surface area contributed by atoms with Gasteiger partial charge in [0, 0.05) is 12.8 Å². The van der Waals surface area contributed by atoms with Crippen LogP contribution < -0.4 is 0 Å². The Kier molecular flexibility index (Phi) is 61.5. The van der Waals surface area contributed by atoms with Crippen LogP contribution >= 0.6 is 7.82 Å². The highest BCUT2D eigenvalue weighted by atomic mass is 31.2. The molecule has 0 saturated heterocycles. The van der Waals surface area contributed by atoms with Gasteiger partial charge in [-0.15, -0.1) is 0 Å². The van der Waals surface area contributed by atoms with Crippen molar-refractivity contribution < 1.29 is 42.1 Å². The van der Waals surface area contributed by atoms with Crippen LogP contribution in [-0.2, 0) is 32.7 Å². The number of likely N-dealkylation sites (N-methyl/N-ethyl adjacent to an activating group) is 1. The minimum absolute atomic E-state index is 0.0331. The molecule has 0 radical (unpaired) electrons. The van der Waals surface area contributed by atoms with Gasteiger partial charge in [-0.3, -0.25) is 18.6 Å². The van der Waals surface area contributed by atoms with Crippen molar-refractivity contribution in [2.45, 2.75) is 341 Å². The molecule has 0 saturated carbocycles. The minimum Gasteiger partial charge on any atom is -0.462 e. The first kappa shape index (κ1) is 79.7. The normalized spacial score (nSPS) is 13.5. The predicted molar refractivity (Wildman–Crippen MR) is 353 cm³/mol. The third-order valence-corrected chi connectivity index (χ3v) is 16.5. The third-order valence-electron chi connectivity index (χ3n) is 15.5. The fraction of sp³-hybridized carbons (Fsp3) is 0.833. The lowest BCUT2D eigenvalue weighted by Gasteiger charge is -2.24. The highest BCUT2D eigenvalue weighted by Gasteiger charge is 2.27. The molecule has 0 heterocycles. The van der Waals surface area contributed by atoms with Crippen LogP contribution in [0.2, 0.25) is 0 Å². The number of unbranched alkanes of at least 4 members (excludes halogenated alkanes) is 41. The van der Waals surface area contributed by atoms with Crippen molar-refractivity contribution in [3.63, 3.8) is 0 Å². The number of esters is 2. The van der Waals surface area contributed by atoms with E-state index < -0.39 is 26.5 Å². The molecule has 0 amide bonds. The average Bonchev–Trinajstić information content (AvgIpc) is 3.45. The Labute approximate surface area is 508 Å². The largest absolute Gasteiger partial charge is 0.472 e. The zero-order valence-corrected chi connectivity index (χ0v) is 55.6. The fourth-order valence-electron chi connectivity index (χ4n) is 10.2. The van der Waals surface area contributed by atoms with Crippen molar-refractivity contribution in [2.75, 3.05) is 47.5 Å². The summed E-state index contributed by atoms with van der Waals surface area (Å²) in [7, 11) is 1.49. The molecule has 0 aromatic rings. The number of quaternary nitrogens is 1. The predicted octanol–water partition coefficient (Wildman–Crippen LogP) is 22.6. The highest BCUT2D eigenvalue weighted by molar-refractivity contribution is 7.47. The van der Waals surface area contributed by atoms with Gasteiger partial charge >= 0.3 is 19.8 Å². The number of hydrogen-bond donors (Lipinski definition) is 1. The standard InChI is InChI=1S/C72H134NO8P/c1-6-8-10-12-14-16-18-20-22-24-26-28-30-31-32-33-34-35-36-37-38-39-40-41-43-45-47-49-51-53-55-57-59-61-63-65-72(75)81-70(69-80-82(76,77)79-67-66-73(3,4)5)68-78-71(74)64-62-60-58-56-54-52-50-48-46-44-42-29-27-25-23-21-19-17-15-13-11-9-7-2/h8,10,14,16,20,22,25-28,70H,6-7,9,11-13,15,17-19,21,23-24,29-69H2,1-5H3/p+1/b10-8-,16-14-,22-20-,27-25-,28-26-. The summed E-state index contributed by atoms with van der Waals surface area (Å²) < 4.78 is 34.7. The highest BCUT2D eigenvalue weighted by Crippen LogP contribution is 2.43. The zero-order valence-electron chi connectivity index (χ0n) is 54.7. The summed E-state index contributed by atoms with van der Waals surface area (Å²) in [6, 6.07) is 0. The van der Waals surface area contributed by atoms with Gasteiger partial charge in [0.25, 0.3) is 0 Å². The maximum absolute atomic E-state index is 12.9. The van der Waals surface area contributed by atoms with Crippen LogP contribution in [0.5, 0.6) is 0 Å². The van der Waals surface area contributed by atoms with E-state index in [0.29, 0.717) is 23.9 Å². The number of carbonyl (C=O) groups excluding carboxylic acids is 2. The maximum Gasteiger partial charge on any atom is 0.472 e. The Morgan fingerprint density at radius 1 is 0.390 bits per heavy atom. The molecule has 0 spiro atoms. The first-order valence-corrected chi connectivity index (χ1v) is 36.5. The van der Waals surface area contributed by atoms with Crippen molar-refractivity contribution in [3.05, 3.63) is 60.8 Å². The fourth-order valence-corrected chi connectivity index (χ4v) is 10.9. The molecule has 0 rings (SSSR count). The zero-order chi connectivity index (χ0) is 59.8. The summed E-state index contributed by atoms with van der Waals surface area (Å²) in [6.45, 7) is 4.37. The van der Waals surface area contributed by atoms with Crippen LogP contribution in [0.4, 0.5) is 0 Å². The average molecular weight is 1170 g/mol. The molecule has 0 aliphatic rings. The molecule has 0 bridgehead atoms. The molecule has 82 heavy (non-hydrogen) atoms. The van der Waals surface area contributed by atoms with E-state index in [1.54, 1.807) is 0 Å². The molecule has 0 aromatic heterocycles. The number of allylic oxidation sites excluding steroid dienone is 10. The number of nitrogens with zero attached hydrogens (tertiary/aromatic N) is 1. The van der Waals surface area contributed by atoms with E-state index in [4.69, 9.17) is 18.5 Å². The summed E-state index contributed by atoms with van der Waals surface area (Å²) in [4.78, 5) is 35.9. The quantitative estimate of drug-likeness (QED) is 0.0211. The lowest BCUT2D eigenvalue weighted by atomic mass is 10.0. The van der Waals surface area contributed by atoms with Gasteiger partial charge in [-0.1, -0.05) is 306 Å². The van der Waals surface area contributed by atoms with Crippen LogP contribution in [0.3, 0.4) is 0 Å². The Morgan fingerprint density at radius 3 is 1.05 bits per heavy atom. The van der Waals surface area contributed by atoms with Crippen molar-refractivity contribution in [2.24, 2.45) is 0 Å². The van der Waals surface area contributed by atoms with Crippen LogP contribution in [0.25, 0.3) is 0 Å². The molecule has 2 unspecified atom stereocenters. The minimum atomic E-state index is -4.39. The van der Waals surface area contributed by atoms with Gasteiger partial charge in [0.2, 0.25) is 0 Å². The van der Waals surface area contributed by atoms with E-state index in [-0.39, 0.29) is 25.6 Å². The molecular formula is C72H135NO8P+. The SMILES string of the molecule is CC/C=C\C/C=C\C/C=C\C/C=C\CCCCCCCCCCCCCCCCCCCCCCCCC(=O)OC(COC(=O)CCCCCCCCCCCCC/C=C\CCCCCCCCCC)COP(=O)(O)OCC[N+](C)(C)C. The van der Waals surface area contributed by atoms with E-state index in [9.17, 15) is 19.0 Å². The second-order valence-electron chi connectivity index (χ2n) is 24.9. The first-order valence-electron chi connectivity index (χ1n) is 35.0. The molecule has 1 N–H and O–H groups in total. The number of carbonyl (C=O) groups is 2. The van der Waals surface area contributed by atoms with Gasteiger partial charge in [-0.2, -0.15) is 0 Å². The van der Waals surface area contributed by atoms with Crippen LogP contribution in [-0.4, -0.2) is 74.9 Å². The Balaban J connectivity index is 3.98. The lowest BCUT2D eigenvalue weighted by Crippen LogP contribution is -2.37. The molecule has 0 aromatic carbocycles. The van der Waals surface area contributed by atoms with Gasteiger partial charge in [0.05, 0.1) is 27.7 Å². The van der Waals surface area contributed by atoms with Crippen LogP contribution in [0.1, 0.15) is 335 Å². The smallest absolute Gasteiger partial charge is 0.462 e. The third kappa shape index (κ3) is 66.8. The van der Waals surface area contributed by atoms with E-state index in [2.05, 4.69) is 74.6 Å². The van der Waals surface area contributed by atoms with Crippen LogP contribution in [0, 0.1) is 0 Å². The van der Waals surface area contributed by atoms with Crippen molar-refractivity contribution in [1.82, 2.24) is 0 Å². The van der Waals surface area contributed by atoms with Gasteiger partial charge in [0.15, 0.2) is 6.10 Å². The maximum atomic E-state index is 12.9. The van der Waals surface area contributed by atoms with Crippen molar-refractivity contribution in [3.8, 4) is 0 Å². The molecule has 9 nitrogen and oxygen atoms in total. The monoisotopic (exact) mass is 1170 g/mol. The number of phosphoric ester groups is 1. The second-order valence-corrected chi connectivity index (χ2v) is 26.3. The number of phosphoric acid groups is 1. The van der Waals surface area contributed by atoms with Gasteiger partial charge in [-0.05, 0) is 77.0 Å². The topological polar surface area (TPSA) is 108 Å². The van der Waals surface area contributed by atoms with E-state index >= 15 is 0 Å². The van der Waals surface area contributed by atoms with Crippen molar-refractivity contribution in [1.29, 1.82) is 0 Å². The summed E-state index contributed by atoms with van der Waals surface area (Å²) in [6.07, 6.45) is 83.3.